The average Bonchev–Trinajstić information content (AvgIpc) is 3.27. The molecule has 3 heterocycles. The number of aromatic amines is 1. The molecule has 9 heteroatoms. The summed E-state index contributed by atoms with van der Waals surface area (Å²) in [4.78, 5) is 21.0. The fraction of sp³-hybridized carbons (Fsp3) is 0.269. The van der Waals surface area contributed by atoms with Crippen LogP contribution >= 0.6 is 23.2 Å². The van der Waals surface area contributed by atoms with Crippen LogP contribution in [0.1, 0.15) is 28.9 Å². The molecule has 0 spiro atoms. The summed E-state index contributed by atoms with van der Waals surface area (Å²) in [7, 11) is 2.07. The van der Waals surface area contributed by atoms with Crippen LogP contribution in [-0.4, -0.2) is 64.1 Å². The van der Waals surface area contributed by atoms with Crippen LogP contribution in [0, 0.1) is 0 Å². The summed E-state index contributed by atoms with van der Waals surface area (Å²) >= 11 is 12.6. The maximum atomic E-state index is 12.9. The van der Waals surface area contributed by atoms with Crippen molar-refractivity contribution in [2.45, 2.75) is 13.0 Å². The predicted molar refractivity (Wildman–Crippen MR) is 138 cm³/mol. The van der Waals surface area contributed by atoms with E-state index in [-0.39, 0.29) is 12.0 Å². The third kappa shape index (κ3) is 4.85. The van der Waals surface area contributed by atoms with Crippen LogP contribution in [0.2, 0.25) is 10.0 Å². The summed E-state index contributed by atoms with van der Waals surface area (Å²) < 4.78 is 6.16. The largest absolute Gasteiger partial charge is 0.486 e. The first-order valence-corrected chi connectivity index (χ1v) is 12.2. The Morgan fingerprint density at radius 1 is 1.03 bits per heavy atom. The van der Waals surface area contributed by atoms with Crippen molar-refractivity contribution in [1.82, 2.24) is 25.0 Å². The third-order valence-corrected chi connectivity index (χ3v) is 6.94. The van der Waals surface area contributed by atoms with E-state index in [0.29, 0.717) is 26.9 Å². The average molecular weight is 510 g/mol. The lowest BCUT2D eigenvalue weighted by molar-refractivity contribution is 0.0664. The van der Waals surface area contributed by atoms with Crippen molar-refractivity contribution in [2.24, 2.45) is 0 Å². The molecule has 1 atom stereocenters. The number of likely N-dealkylation sites (N-methyl/N-ethyl adjacent to an activating group) is 1. The summed E-state index contributed by atoms with van der Waals surface area (Å²) in [5, 5.41) is 9.42. The Balaban J connectivity index is 1.37. The first kappa shape index (κ1) is 23.6. The van der Waals surface area contributed by atoms with Gasteiger partial charge in [0.25, 0.3) is 5.91 Å². The zero-order valence-corrected chi connectivity index (χ0v) is 21.0. The number of halogens is 2. The van der Waals surface area contributed by atoms with Gasteiger partial charge in [-0.05, 0) is 44.3 Å². The van der Waals surface area contributed by atoms with E-state index in [2.05, 4.69) is 27.1 Å². The van der Waals surface area contributed by atoms with Gasteiger partial charge in [0.15, 0.2) is 0 Å². The van der Waals surface area contributed by atoms with Gasteiger partial charge in [0.2, 0.25) is 0 Å². The molecule has 5 rings (SSSR count). The molecular formula is C26H25Cl2N5O2. The van der Waals surface area contributed by atoms with E-state index in [9.17, 15) is 4.79 Å². The fourth-order valence-electron chi connectivity index (χ4n) is 4.32. The number of carbonyl (C=O) groups excluding carboxylic acids is 1. The number of hydrogen-bond acceptors (Lipinski definition) is 5. The lowest BCUT2D eigenvalue weighted by Gasteiger charge is -2.32. The number of amides is 1. The van der Waals surface area contributed by atoms with Crippen LogP contribution in [0.4, 0.5) is 0 Å². The number of pyridine rings is 1. The van der Waals surface area contributed by atoms with Crippen LogP contribution in [-0.2, 0) is 0 Å². The van der Waals surface area contributed by atoms with Gasteiger partial charge in [0.05, 0.1) is 15.6 Å². The number of benzene rings is 2. The minimum absolute atomic E-state index is 0.0645. The van der Waals surface area contributed by atoms with Gasteiger partial charge >= 0.3 is 0 Å². The quantitative estimate of drug-likeness (QED) is 0.386. The Kier molecular flexibility index (Phi) is 6.65. The highest BCUT2D eigenvalue weighted by molar-refractivity contribution is 6.35. The van der Waals surface area contributed by atoms with Crippen molar-refractivity contribution in [1.29, 1.82) is 0 Å². The monoisotopic (exact) mass is 509 g/mol. The number of hydrogen-bond donors (Lipinski definition) is 1. The van der Waals surface area contributed by atoms with Crippen LogP contribution in [0.25, 0.3) is 22.2 Å². The molecule has 0 radical (unpaired) electrons. The van der Waals surface area contributed by atoms with Gasteiger partial charge in [-0.25, -0.2) is 0 Å². The summed E-state index contributed by atoms with van der Waals surface area (Å²) in [5.41, 5.74) is 3.96. The van der Waals surface area contributed by atoms with Crippen molar-refractivity contribution in [3.05, 3.63) is 76.0 Å². The molecule has 2 aromatic heterocycles. The van der Waals surface area contributed by atoms with Gasteiger partial charge < -0.3 is 14.5 Å². The summed E-state index contributed by atoms with van der Waals surface area (Å²) in [6, 6.07) is 13.4. The van der Waals surface area contributed by atoms with Crippen molar-refractivity contribution in [3.63, 3.8) is 0 Å². The third-order valence-electron chi connectivity index (χ3n) is 6.34. The number of piperazine rings is 1. The van der Waals surface area contributed by atoms with Gasteiger partial charge in [-0.1, -0.05) is 35.3 Å². The molecule has 1 aliphatic rings. The van der Waals surface area contributed by atoms with Gasteiger partial charge in [-0.15, -0.1) is 0 Å². The van der Waals surface area contributed by atoms with E-state index in [1.54, 1.807) is 12.4 Å². The topological polar surface area (TPSA) is 74.3 Å². The standard InChI is InChI=1S/C26H25Cl2N5O2/c1-16(24-21(27)14-29-15-22(24)28)35-19-7-8-23-20(13-19)25(31-30-23)17-3-5-18(6-4-17)26(34)33-11-9-32(2)10-12-33/h3-8,13-16H,9-12H2,1-2H3,(H,30,31). The minimum Gasteiger partial charge on any atom is -0.486 e. The van der Waals surface area contributed by atoms with Crippen LogP contribution in [0.3, 0.4) is 0 Å². The number of carbonyl (C=O) groups is 1. The number of aromatic nitrogens is 3. The van der Waals surface area contributed by atoms with E-state index in [0.717, 1.165) is 48.3 Å². The minimum atomic E-state index is -0.370. The smallest absolute Gasteiger partial charge is 0.253 e. The molecule has 1 aliphatic heterocycles. The molecule has 180 valence electrons. The summed E-state index contributed by atoms with van der Waals surface area (Å²) in [6.07, 6.45) is 2.74. The van der Waals surface area contributed by atoms with Gasteiger partial charge in [0.1, 0.15) is 17.5 Å². The number of nitrogens with one attached hydrogen (secondary N) is 1. The molecular weight excluding hydrogens is 485 g/mol. The molecule has 1 saturated heterocycles. The highest BCUT2D eigenvalue weighted by Crippen LogP contribution is 2.34. The Hall–Kier alpha value is -3.13. The van der Waals surface area contributed by atoms with Crippen molar-refractivity contribution in [3.8, 4) is 17.0 Å². The number of H-pyrrole nitrogens is 1. The second-order valence-electron chi connectivity index (χ2n) is 8.73. The number of ether oxygens (including phenoxy) is 1. The van der Waals surface area contributed by atoms with Crippen molar-refractivity contribution in [2.75, 3.05) is 33.2 Å². The van der Waals surface area contributed by atoms with E-state index in [1.807, 2.05) is 54.3 Å². The number of rotatable bonds is 5. The lowest BCUT2D eigenvalue weighted by atomic mass is 10.0. The normalized spacial score (nSPS) is 15.4. The van der Waals surface area contributed by atoms with E-state index < -0.39 is 0 Å². The zero-order valence-electron chi connectivity index (χ0n) is 19.5. The lowest BCUT2D eigenvalue weighted by Crippen LogP contribution is -2.47. The second kappa shape index (κ2) is 9.85. The number of fused-ring (bicyclic) bond motifs is 1. The molecule has 7 nitrogen and oxygen atoms in total. The Labute approximate surface area is 213 Å². The molecule has 1 unspecified atom stereocenters. The van der Waals surface area contributed by atoms with E-state index in [1.165, 1.54) is 0 Å². The van der Waals surface area contributed by atoms with Crippen molar-refractivity contribution >= 4 is 40.0 Å². The molecule has 1 fully saturated rings. The highest BCUT2D eigenvalue weighted by atomic mass is 35.5. The number of nitrogens with zero attached hydrogens (tertiary/aromatic N) is 4. The van der Waals surface area contributed by atoms with Crippen LogP contribution in [0.15, 0.2) is 54.9 Å². The SMILES string of the molecule is CC(Oc1ccc2[nH]nc(-c3ccc(C(=O)N4CCN(C)CC4)cc3)c2c1)c1c(Cl)cncc1Cl. The first-order valence-electron chi connectivity index (χ1n) is 11.4. The van der Waals surface area contributed by atoms with E-state index in [4.69, 9.17) is 27.9 Å². The summed E-state index contributed by atoms with van der Waals surface area (Å²) in [6.45, 7) is 5.18. The van der Waals surface area contributed by atoms with E-state index >= 15 is 0 Å². The maximum Gasteiger partial charge on any atom is 0.253 e. The van der Waals surface area contributed by atoms with Crippen LogP contribution < -0.4 is 4.74 Å². The molecule has 0 saturated carbocycles. The Bertz CT molecular complexity index is 1340. The maximum absolute atomic E-state index is 12.9. The van der Waals surface area contributed by atoms with Gasteiger partial charge in [-0.3, -0.25) is 14.9 Å². The van der Waals surface area contributed by atoms with Gasteiger partial charge in [-0.2, -0.15) is 5.10 Å². The summed E-state index contributed by atoms with van der Waals surface area (Å²) in [5.74, 6) is 0.730. The molecule has 2 aromatic carbocycles. The zero-order chi connectivity index (χ0) is 24.5. The molecule has 4 aromatic rings. The predicted octanol–water partition coefficient (Wildman–Crippen LogP) is 5.46. The van der Waals surface area contributed by atoms with Crippen LogP contribution in [0.5, 0.6) is 5.75 Å². The second-order valence-corrected chi connectivity index (χ2v) is 9.54. The molecule has 0 aliphatic carbocycles. The fourth-order valence-corrected chi connectivity index (χ4v) is 4.99. The molecule has 0 bridgehead atoms. The Morgan fingerprint density at radius 3 is 2.40 bits per heavy atom. The molecule has 1 N–H and O–H groups in total. The Morgan fingerprint density at radius 2 is 1.71 bits per heavy atom. The highest BCUT2D eigenvalue weighted by Gasteiger charge is 2.21. The van der Waals surface area contributed by atoms with Crippen molar-refractivity contribution < 1.29 is 9.53 Å². The molecule has 35 heavy (non-hydrogen) atoms. The first-order chi connectivity index (χ1) is 16.9. The van der Waals surface area contributed by atoms with Gasteiger partial charge in [0, 0.05) is 60.6 Å². The molecule has 1 amide bonds.